The second-order valence-corrected chi connectivity index (χ2v) is 5.12. The van der Waals surface area contributed by atoms with E-state index in [2.05, 4.69) is 17.2 Å². The van der Waals surface area contributed by atoms with E-state index in [9.17, 15) is 9.18 Å². The van der Waals surface area contributed by atoms with Crippen LogP contribution in [-0.4, -0.2) is 15.3 Å². The zero-order chi connectivity index (χ0) is 15.5. The first kappa shape index (κ1) is 14.3. The summed E-state index contributed by atoms with van der Waals surface area (Å²) in [6.07, 6.45) is 4.08. The highest BCUT2D eigenvalue weighted by Gasteiger charge is 2.08. The van der Waals surface area contributed by atoms with Gasteiger partial charge in [-0.3, -0.25) is 4.79 Å². The first-order chi connectivity index (χ1) is 10.6. The topological polar surface area (TPSA) is 46.4 Å². The molecule has 0 saturated heterocycles. The van der Waals surface area contributed by atoms with Crippen molar-refractivity contribution in [3.8, 4) is 0 Å². The molecule has 3 aromatic rings. The van der Waals surface area contributed by atoms with E-state index in [1.54, 1.807) is 16.7 Å². The van der Waals surface area contributed by atoms with Crippen LogP contribution in [0, 0.1) is 5.82 Å². The van der Waals surface area contributed by atoms with E-state index in [0.29, 0.717) is 11.3 Å². The normalized spacial score (nSPS) is 10.8. The number of nitrogens with zero attached hydrogens (tertiary/aromatic N) is 2. The predicted molar refractivity (Wildman–Crippen MR) is 83.3 cm³/mol. The number of aromatic nitrogens is 2. The minimum absolute atomic E-state index is 0.142. The molecule has 0 spiro atoms. The van der Waals surface area contributed by atoms with Gasteiger partial charge in [0.05, 0.1) is 12.1 Å². The molecule has 22 heavy (non-hydrogen) atoms. The van der Waals surface area contributed by atoms with Gasteiger partial charge in [0, 0.05) is 18.1 Å². The van der Waals surface area contributed by atoms with E-state index in [-0.39, 0.29) is 18.1 Å². The van der Waals surface area contributed by atoms with Crippen LogP contribution in [0.15, 0.2) is 48.8 Å². The number of amides is 1. The molecule has 1 aromatic carbocycles. The van der Waals surface area contributed by atoms with Gasteiger partial charge < -0.3 is 9.72 Å². The van der Waals surface area contributed by atoms with Crippen molar-refractivity contribution >= 4 is 17.2 Å². The molecule has 0 aliphatic carbocycles. The summed E-state index contributed by atoms with van der Waals surface area (Å²) in [4.78, 5) is 16.4. The number of nitrogens with one attached hydrogen (secondary N) is 1. The summed E-state index contributed by atoms with van der Waals surface area (Å²) >= 11 is 0. The standard InChI is InChI=1S/C17H16FN3O/c1-2-12-4-3-5-14(8-12)20-17(22)9-15-11-21-10-13(18)6-7-16(21)19-15/h3-8,10-11H,2,9H2,1H3,(H,20,22). The van der Waals surface area contributed by atoms with Crippen molar-refractivity contribution in [2.45, 2.75) is 19.8 Å². The van der Waals surface area contributed by atoms with E-state index in [1.165, 1.54) is 17.8 Å². The number of halogens is 1. The number of rotatable bonds is 4. The van der Waals surface area contributed by atoms with Crippen molar-refractivity contribution in [2.75, 3.05) is 5.32 Å². The fourth-order valence-electron chi connectivity index (χ4n) is 2.34. The monoisotopic (exact) mass is 297 g/mol. The van der Waals surface area contributed by atoms with Crippen LogP contribution in [0.1, 0.15) is 18.2 Å². The zero-order valence-corrected chi connectivity index (χ0v) is 12.2. The van der Waals surface area contributed by atoms with E-state index in [0.717, 1.165) is 12.1 Å². The second-order valence-electron chi connectivity index (χ2n) is 5.12. The highest BCUT2D eigenvalue weighted by molar-refractivity contribution is 5.92. The number of aryl methyl sites for hydroxylation is 1. The smallest absolute Gasteiger partial charge is 0.230 e. The van der Waals surface area contributed by atoms with Gasteiger partial charge in [0.25, 0.3) is 0 Å². The van der Waals surface area contributed by atoms with Gasteiger partial charge in [-0.15, -0.1) is 0 Å². The number of carbonyl (C=O) groups is 1. The summed E-state index contributed by atoms with van der Waals surface area (Å²) in [5.74, 6) is -0.477. The molecule has 0 aliphatic heterocycles. The maximum Gasteiger partial charge on any atom is 0.230 e. The molecule has 2 aromatic heterocycles. The molecule has 112 valence electrons. The molecular formula is C17H16FN3O. The Morgan fingerprint density at radius 3 is 2.95 bits per heavy atom. The SMILES string of the molecule is CCc1cccc(NC(=O)Cc2cn3cc(F)ccc3n2)c1. The van der Waals surface area contributed by atoms with Crippen molar-refractivity contribution in [2.24, 2.45) is 0 Å². The zero-order valence-electron chi connectivity index (χ0n) is 12.2. The van der Waals surface area contributed by atoms with Gasteiger partial charge in [0.15, 0.2) is 0 Å². The summed E-state index contributed by atoms with van der Waals surface area (Å²) in [5, 5.41) is 2.86. The lowest BCUT2D eigenvalue weighted by molar-refractivity contribution is -0.115. The van der Waals surface area contributed by atoms with Gasteiger partial charge >= 0.3 is 0 Å². The number of fused-ring (bicyclic) bond motifs is 1. The van der Waals surface area contributed by atoms with Gasteiger partial charge in [0.2, 0.25) is 5.91 Å². The van der Waals surface area contributed by atoms with Gasteiger partial charge in [0.1, 0.15) is 11.5 Å². The maximum atomic E-state index is 13.1. The van der Waals surface area contributed by atoms with Crippen LogP contribution in [0.25, 0.3) is 5.65 Å². The van der Waals surface area contributed by atoms with Crippen LogP contribution in [0.4, 0.5) is 10.1 Å². The number of hydrogen-bond donors (Lipinski definition) is 1. The second kappa shape index (κ2) is 5.97. The number of pyridine rings is 1. The molecular weight excluding hydrogens is 281 g/mol. The molecule has 4 nitrogen and oxygen atoms in total. The summed E-state index contributed by atoms with van der Waals surface area (Å²) in [6.45, 7) is 2.07. The Labute approximate surface area is 127 Å². The number of anilines is 1. The molecule has 0 aliphatic rings. The lowest BCUT2D eigenvalue weighted by atomic mass is 10.1. The molecule has 5 heteroatoms. The molecule has 0 atom stereocenters. The Balaban J connectivity index is 1.72. The third-order valence-electron chi connectivity index (χ3n) is 3.43. The van der Waals surface area contributed by atoms with Crippen molar-refractivity contribution in [3.05, 3.63) is 65.9 Å². The van der Waals surface area contributed by atoms with Crippen LogP contribution in [0.3, 0.4) is 0 Å². The molecule has 0 radical (unpaired) electrons. The Morgan fingerprint density at radius 2 is 2.14 bits per heavy atom. The van der Waals surface area contributed by atoms with Crippen molar-refractivity contribution < 1.29 is 9.18 Å². The molecule has 0 fully saturated rings. The fourth-order valence-corrected chi connectivity index (χ4v) is 2.34. The lowest BCUT2D eigenvalue weighted by Crippen LogP contribution is -2.14. The minimum Gasteiger partial charge on any atom is -0.326 e. The highest BCUT2D eigenvalue weighted by Crippen LogP contribution is 2.12. The van der Waals surface area contributed by atoms with Crippen molar-refractivity contribution in [1.29, 1.82) is 0 Å². The minimum atomic E-state index is -0.336. The molecule has 1 amide bonds. The van der Waals surface area contributed by atoms with E-state index in [1.807, 2.05) is 24.3 Å². The highest BCUT2D eigenvalue weighted by atomic mass is 19.1. The Kier molecular flexibility index (Phi) is 3.87. The van der Waals surface area contributed by atoms with Crippen LogP contribution in [0.5, 0.6) is 0 Å². The average Bonchev–Trinajstić information content (AvgIpc) is 2.88. The summed E-state index contributed by atoms with van der Waals surface area (Å²) in [5.41, 5.74) is 3.17. The number of imidazole rings is 1. The van der Waals surface area contributed by atoms with E-state index in [4.69, 9.17) is 0 Å². The van der Waals surface area contributed by atoms with Crippen LogP contribution >= 0.6 is 0 Å². The Bertz CT molecular complexity index is 826. The van der Waals surface area contributed by atoms with Gasteiger partial charge in [-0.05, 0) is 36.2 Å². The van der Waals surface area contributed by atoms with Crippen LogP contribution in [-0.2, 0) is 17.6 Å². The first-order valence-electron chi connectivity index (χ1n) is 7.16. The molecule has 0 saturated carbocycles. The third kappa shape index (κ3) is 3.14. The van der Waals surface area contributed by atoms with Crippen molar-refractivity contribution in [3.63, 3.8) is 0 Å². The number of hydrogen-bond acceptors (Lipinski definition) is 2. The van der Waals surface area contributed by atoms with Gasteiger partial charge in [-0.25, -0.2) is 9.37 Å². The summed E-state index contributed by atoms with van der Waals surface area (Å²) < 4.78 is 14.7. The number of carbonyl (C=O) groups excluding carboxylic acids is 1. The lowest BCUT2D eigenvalue weighted by Gasteiger charge is -2.05. The van der Waals surface area contributed by atoms with Crippen molar-refractivity contribution in [1.82, 2.24) is 9.38 Å². The van der Waals surface area contributed by atoms with Crippen LogP contribution in [0.2, 0.25) is 0 Å². The van der Waals surface area contributed by atoms with Gasteiger partial charge in [-0.1, -0.05) is 19.1 Å². The fraction of sp³-hybridized carbons (Fsp3) is 0.176. The average molecular weight is 297 g/mol. The quantitative estimate of drug-likeness (QED) is 0.803. The van der Waals surface area contributed by atoms with E-state index < -0.39 is 0 Å². The molecule has 3 rings (SSSR count). The molecule has 2 heterocycles. The summed E-state index contributed by atoms with van der Waals surface area (Å²) in [7, 11) is 0. The first-order valence-corrected chi connectivity index (χ1v) is 7.16. The summed E-state index contributed by atoms with van der Waals surface area (Å²) in [6, 6.07) is 10.7. The predicted octanol–water partition coefficient (Wildman–Crippen LogP) is 3.22. The maximum absolute atomic E-state index is 13.1. The molecule has 1 N–H and O–H groups in total. The number of benzene rings is 1. The van der Waals surface area contributed by atoms with E-state index >= 15 is 0 Å². The Hall–Kier alpha value is -2.69. The largest absolute Gasteiger partial charge is 0.326 e. The third-order valence-corrected chi connectivity index (χ3v) is 3.43. The molecule has 0 bridgehead atoms. The van der Waals surface area contributed by atoms with Gasteiger partial charge in [-0.2, -0.15) is 0 Å². The molecule has 0 unspecified atom stereocenters. The Morgan fingerprint density at radius 1 is 1.27 bits per heavy atom. The van der Waals surface area contributed by atoms with Crippen LogP contribution < -0.4 is 5.32 Å².